The molecular weight excluding hydrogens is 474 g/mol. The summed E-state index contributed by atoms with van der Waals surface area (Å²) < 4.78 is 32.1. The molecule has 1 aromatic carbocycles. The van der Waals surface area contributed by atoms with Crippen LogP contribution in [0, 0.1) is 11.6 Å². The topological polar surface area (TPSA) is 83.8 Å². The fourth-order valence-corrected chi connectivity index (χ4v) is 5.84. The van der Waals surface area contributed by atoms with Gasteiger partial charge in [-0.3, -0.25) is 4.90 Å². The predicted molar refractivity (Wildman–Crippen MR) is 136 cm³/mol. The molecule has 7 rings (SSSR count). The number of pyridine rings is 1. The Morgan fingerprint density at radius 2 is 1.97 bits per heavy atom. The van der Waals surface area contributed by atoms with Gasteiger partial charge in [-0.25, -0.2) is 28.7 Å². The number of rotatable bonds is 5. The molecule has 0 amide bonds. The third-order valence-electron chi connectivity index (χ3n) is 7.84. The van der Waals surface area contributed by atoms with Crippen molar-refractivity contribution >= 4 is 22.8 Å². The summed E-state index contributed by atoms with van der Waals surface area (Å²) in [7, 11) is 0. The zero-order valence-corrected chi connectivity index (χ0v) is 20.6. The summed E-state index contributed by atoms with van der Waals surface area (Å²) in [6.07, 6.45) is 6.97. The number of aromatic nitrogens is 5. The molecule has 10 heteroatoms. The maximum absolute atomic E-state index is 15.1. The molecule has 2 aliphatic heterocycles. The van der Waals surface area contributed by atoms with Crippen LogP contribution in [0.5, 0.6) is 0 Å². The van der Waals surface area contributed by atoms with Crippen molar-refractivity contribution in [2.24, 2.45) is 0 Å². The van der Waals surface area contributed by atoms with Crippen molar-refractivity contribution < 1.29 is 8.78 Å². The molecule has 5 heterocycles. The second-order valence-corrected chi connectivity index (χ2v) is 10.6. The van der Waals surface area contributed by atoms with Crippen molar-refractivity contribution in [2.45, 2.75) is 50.7 Å². The van der Waals surface area contributed by atoms with E-state index in [9.17, 15) is 4.39 Å². The monoisotopic (exact) mass is 502 g/mol. The van der Waals surface area contributed by atoms with Crippen LogP contribution in [-0.4, -0.2) is 55.1 Å². The zero-order valence-electron chi connectivity index (χ0n) is 20.6. The molecule has 1 unspecified atom stereocenters. The lowest BCUT2D eigenvalue weighted by atomic mass is 10.1. The molecule has 1 spiro atoms. The normalized spacial score (nSPS) is 20.5. The summed E-state index contributed by atoms with van der Waals surface area (Å²) in [6.45, 7) is 6.02. The Labute approximate surface area is 213 Å². The van der Waals surface area contributed by atoms with E-state index >= 15 is 4.39 Å². The second kappa shape index (κ2) is 8.53. The molecule has 3 aliphatic rings. The third-order valence-corrected chi connectivity index (χ3v) is 7.84. The molecule has 0 bridgehead atoms. The van der Waals surface area contributed by atoms with Gasteiger partial charge in [0, 0.05) is 55.9 Å². The molecule has 1 atom stereocenters. The maximum Gasteiger partial charge on any atom is 0.229 e. The molecular formula is C27H28F2N8. The average Bonchev–Trinajstić information content (AvgIpc) is 3.44. The fourth-order valence-electron chi connectivity index (χ4n) is 5.84. The number of hydrogen-bond acceptors (Lipinski definition) is 7. The highest BCUT2D eigenvalue weighted by Gasteiger charge is 2.50. The average molecular weight is 503 g/mol. The van der Waals surface area contributed by atoms with E-state index in [1.54, 1.807) is 6.07 Å². The van der Waals surface area contributed by atoms with Crippen molar-refractivity contribution in [1.82, 2.24) is 34.7 Å². The lowest BCUT2D eigenvalue weighted by Gasteiger charge is -2.31. The first-order valence-corrected chi connectivity index (χ1v) is 12.9. The van der Waals surface area contributed by atoms with Crippen LogP contribution in [0.4, 0.5) is 20.5 Å². The minimum atomic E-state index is -0.611. The van der Waals surface area contributed by atoms with Gasteiger partial charge in [0.2, 0.25) is 5.95 Å². The van der Waals surface area contributed by atoms with E-state index in [0.717, 1.165) is 69.4 Å². The number of hydrogen-bond donors (Lipinski definition) is 2. The summed E-state index contributed by atoms with van der Waals surface area (Å²) in [5, 5.41) is 6.50. The summed E-state index contributed by atoms with van der Waals surface area (Å²) in [6, 6.07) is 7.47. The number of nitrogens with zero attached hydrogens (tertiary/aromatic N) is 6. The minimum Gasteiger partial charge on any atom is -0.322 e. The van der Waals surface area contributed by atoms with Crippen LogP contribution in [0.1, 0.15) is 37.6 Å². The fraction of sp³-hybridized carbons (Fsp3) is 0.407. The van der Waals surface area contributed by atoms with E-state index in [4.69, 9.17) is 0 Å². The van der Waals surface area contributed by atoms with Crippen LogP contribution in [0.3, 0.4) is 0 Å². The Kier molecular flexibility index (Phi) is 5.23. The van der Waals surface area contributed by atoms with Crippen LogP contribution in [0.25, 0.3) is 22.3 Å². The van der Waals surface area contributed by atoms with Gasteiger partial charge in [0.1, 0.15) is 22.9 Å². The molecule has 4 aromatic rings. The van der Waals surface area contributed by atoms with Gasteiger partial charge in [-0.1, -0.05) is 6.07 Å². The molecule has 1 aliphatic carbocycles. The van der Waals surface area contributed by atoms with Crippen molar-refractivity contribution in [1.29, 1.82) is 0 Å². The van der Waals surface area contributed by atoms with Crippen LogP contribution in [0.15, 0.2) is 36.7 Å². The van der Waals surface area contributed by atoms with Gasteiger partial charge in [0.25, 0.3) is 0 Å². The van der Waals surface area contributed by atoms with Crippen molar-refractivity contribution in [3.8, 4) is 11.3 Å². The highest BCUT2D eigenvalue weighted by Crippen LogP contribution is 2.53. The summed E-state index contributed by atoms with van der Waals surface area (Å²) in [5.41, 5.74) is 2.65. The van der Waals surface area contributed by atoms with Crippen molar-refractivity contribution in [3.05, 3.63) is 59.7 Å². The minimum absolute atomic E-state index is 0.0427. The Balaban J connectivity index is 1.14. The van der Waals surface area contributed by atoms with Crippen LogP contribution in [0.2, 0.25) is 0 Å². The highest BCUT2D eigenvalue weighted by molar-refractivity contribution is 5.83. The van der Waals surface area contributed by atoms with E-state index in [1.807, 2.05) is 18.3 Å². The van der Waals surface area contributed by atoms with E-state index in [2.05, 4.69) is 47.0 Å². The predicted octanol–water partition coefficient (Wildman–Crippen LogP) is 4.14. The number of imidazole rings is 1. The Bertz CT molecular complexity index is 1490. The Morgan fingerprint density at radius 1 is 1.08 bits per heavy atom. The molecule has 8 nitrogen and oxygen atoms in total. The zero-order chi connectivity index (χ0) is 25.1. The number of piperazine rings is 1. The van der Waals surface area contributed by atoms with Crippen molar-refractivity contribution in [2.75, 3.05) is 25.0 Å². The molecule has 1 saturated heterocycles. The molecule has 190 valence electrons. The molecule has 1 saturated carbocycles. The molecule has 2 N–H and O–H groups in total. The number of benzene rings is 1. The van der Waals surface area contributed by atoms with Gasteiger partial charge < -0.3 is 15.2 Å². The van der Waals surface area contributed by atoms with Gasteiger partial charge in [-0.2, -0.15) is 0 Å². The number of anilines is 2. The van der Waals surface area contributed by atoms with Gasteiger partial charge >= 0.3 is 0 Å². The standard InChI is InChI=1S/C27H28F2N8/c1-16-14-36(9-8-30-16)15-17-2-3-22(31-12-17)33-26-32-13-20(29)24(35-26)18-10-19(28)25-21(11-18)37-23(34-25)4-5-27(37)6-7-27/h2-3,10-13,16,30H,4-9,14-15H2,1H3,(H,31,32,33,35). The first-order chi connectivity index (χ1) is 18.0. The van der Waals surface area contributed by atoms with E-state index in [-0.39, 0.29) is 17.2 Å². The number of aryl methyl sites for hydroxylation is 1. The van der Waals surface area contributed by atoms with Crippen LogP contribution < -0.4 is 10.6 Å². The van der Waals surface area contributed by atoms with E-state index in [0.29, 0.717) is 28.5 Å². The number of halogens is 2. The maximum atomic E-state index is 15.1. The lowest BCUT2D eigenvalue weighted by Crippen LogP contribution is -2.48. The summed E-state index contributed by atoms with van der Waals surface area (Å²) in [5.74, 6) is 0.593. The van der Waals surface area contributed by atoms with E-state index in [1.165, 1.54) is 6.07 Å². The van der Waals surface area contributed by atoms with Gasteiger partial charge in [0.15, 0.2) is 11.6 Å². The number of fused-ring (bicyclic) bond motifs is 4. The smallest absolute Gasteiger partial charge is 0.229 e. The molecule has 37 heavy (non-hydrogen) atoms. The summed E-state index contributed by atoms with van der Waals surface area (Å²) in [4.78, 5) is 19.9. The molecule has 2 fully saturated rings. The third kappa shape index (κ3) is 4.04. The molecule has 0 radical (unpaired) electrons. The first kappa shape index (κ1) is 22.7. The lowest BCUT2D eigenvalue weighted by molar-refractivity contribution is 0.199. The van der Waals surface area contributed by atoms with Crippen LogP contribution >= 0.6 is 0 Å². The SMILES string of the molecule is CC1CN(Cc2ccc(Nc3ncc(F)c(-c4cc(F)c5nc6n(c5c4)C4(CC6)CC4)n3)nc2)CCN1. The Hall–Kier alpha value is -3.50. The molecule has 3 aromatic heterocycles. The summed E-state index contributed by atoms with van der Waals surface area (Å²) >= 11 is 0. The van der Waals surface area contributed by atoms with E-state index < -0.39 is 11.6 Å². The van der Waals surface area contributed by atoms with Crippen molar-refractivity contribution in [3.63, 3.8) is 0 Å². The number of nitrogens with one attached hydrogen (secondary N) is 2. The first-order valence-electron chi connectivity index (χ1n) is 12.9. The van der Waals surface area contributed by atoms with Gasteiger partial charge in [-0.05, 0) is 49.9 Å². The quantitative estimate of drug-likeness (QED) is 0.424. The Morgan fingerprint density at radius 3 is 2.76 bits per heavy atom. The van der Waals surface area contributed by atoms with Gasteiger partial charge in [0.05, 0.1) is 11.7 Å². The van der Waals surface area contributed by atoms with Gasteiger partial charge in [-0.15, -0.1) is 0 Å². The largest absolute Gasteiger partial charge is 0.322 e. The van der Waals surface area contributed by atoms with Crippen LogP contribution in [-0.2, 0) is 18.5 Å². The second-order valence-electron chi connectivity index (χ2n) is 10.6. The highest BCUT2D eigenvalue weighted by atomic mass is 19.1.